The lowest BCUT2D eigenvalue weighted by molar-refractivity contribution is 0.240. The number of hydrogen-bond acceptors (Lipinski definition) is 5. The lowest BCUT2D eigenvalue weighted by Gasteiger charge is -2.07. The number of nitrogens with one attached hydrogen (secondary N) is 2. The number of aromatic nitrogens is 3. The van der Waals surface area contributed by atoms with Crippen LogP contribution in [0, 0.1) is 5.82 Å². The van der Waals surface area contributed by atoms with Gasteiger partial charge in [0.15, 0.2) is 5.82 Å². The van der Waals surface area contributed by atoms with Crippen molar-refractivity contribution in [3.8, 4) is 10.7 Å². The van der Waals surface area contributed by atoms with Gasteiger partial charge in [-0.1, -0.05) is 18.2 Å². The molecule has 4 rings (SSSR count). The zero-order valence-electron chi connectivity index (χ0n) is 14.2. The average Bonchev–Trinajstić information content (AvgIpc) is 3.39. The molecule has 27 heavy (non-hydrogen) atoms. The molecule has 0 atom stereocenters. The number of halogens is 1. The number of amides is 2. The Morgan fingerprint density at radius 2 is 2.00 bits per heavy atom. The van der Waals surface area contributed by atoms with Crippen LogP contribution in [0.5, 0.6) is 0 Å². The Morgan fingerprint density at radius 3 is 2.78 bits per heavy atom. The molecule has 0 fully saturated rings. The third-order valence-electron chi connectivity index (χ3n) is 3.92. The molecule has 3 aromatic heterocycles. The molecule has 2 N–H and O–H groups in total. The van der Waals surface area contributed by atoms with E-state index >= 15 is 0 Å². The van der Waals surface area contributed by atoms with Crippen molar-refractivity contribution in [2.24, 2.45) is 0 Å². The summed E-state index contributed by atoms with van der Waals surface area (Å²) in [5.41, 5.74) is 1.85. The van der Waals surface area contributed by atoms with Crippen molar-refractivity contribution in [3.63, 3.8) is 0 Å². The number of carbonyl (C=O) groups is 1. The van der Waals surface area contributed by atoms with Gasteiger partial charge in [-0.3, -0.25) is 0 Å². The van der Waals surface area contributed by atoms with Gasteiger partial charge in [0.25, 0.3) is 0 Å². The maximum absolute atomic E-state index is 12.9. The molecule has 0 saturated carbocycles. The van der Waals surface area contributed by atoms with Gasteiger partial charge >= 0.3 is 6.03 Å². The Morgan fingerprint density at radius 1 is 1.15 bits per heavy atom. The van der Waals surface area contributed by atoms with Crippen LogP contribution in [0.25, 0.3) is 15.7 Å². The zero-order chi connectivity index (χ0) is 18.6. The first kappa shape index (κ1) is 17.6. The molecule has 0 bridgehead atoms. The number of hydrogen-bond donors (Lipinski definition) is 2. The van der Waals surface area contributed by atoms with Crippen LogP contribution in [0.4, 0.5) is 9.18 Å². The SMILES string of the molecule is O=C(NCCc1csc2nc(-c3cccs3)nn12)NCc1ccc(F)cc1. The lowest BCUT2D eigenvalue weighted by atomic mass is 10.2. The van der Waals surface area contributed by atoms with Gasteiger partial charge in [-0.2, -0.15) is 4.98 Å². The summed E-state index contributed by atoms with van der Waals surface area (Å²) in [6.07, 6.45) is 0.650. The van der Waals surface area contributed by atoms with Crippen LogP contribution in [0.15, 0.2) is 47.2 Å². The first-order valence-corrected chi connectivity index (χ1v) is 10.1. The van der Waals surface area contributed by atoms with Gasteiger partial charge in [-0.25, -0.2) is 13.7 Å². The number of carbonyl (C=O) groups excluding carboxylic acids is 1. The quantitative estimate of drug-likeness (QED) is 0.518. The second kappa shape index (κ2) is 7.85. The summed E-state index contributed by atoms with van der Waals surface area (Å²) in [4.78, 5) is 18.3. The summed E-state index contributed by atoms with van der Waals surface area (Å²) in [6.45, 7) is 0.831. The molecule has 0 radical (unpaired) electrons. The van der Waals surface area contributed by atoms with E-state index in [0.717, 1.165) is 26.9 Å². The van der Waals surface area contributed by atoms with Gasteiger partial charge in [-0.05, 0) is 29.1 Å². The average molecular weight is 401 g/mol. The van der Waals surface area contributed by atoms with Crippen molar-refractivity contribution in [1.82, 2.24) is 25.2 Å². The predicted octanol–water partition coefficient (Wildman–Crippen LogP) is 3.70. The van der Waals surface area contributed by atoms with Crippen LogP contribution in [-0.2, 0) is 13.0 Å². The smallest absolute Gasteiger partial charge is 0.315 e. The summed E-state index contributed by atoms with van der Waals surface area (Å²) >= 11 is 3.14. The summed E-state index contributed by atoms with van der Waals surface area (Å²) < 4.78 is 14.7. The van der Waals surface area contributed by atoms with Gasteiger partial charge in [0.2, 0.25) is 4.96 Å². The normalized spacial score (nSPS) is 11.0. The lowest BCUT2D eigenvalue weighted by Crippen LogP contribution is -2.36. The van der Waals surface area contributed by atoms with E-state index in [2.05, 4.69) is 20.7 Å². The maximum atomic E-state index is 12.9. The van der Waals surface area contributed by atoms with Crippen LogP contribution >= 0.6 is 22.7 Å². The molecule has 0 aliphatic heterocycles. The zero-order valence-corrected chi connectivity index (χ0v) is 15.8. The van der Waals surface area contributed by atoms with Crippen LogP contribution in [0.3, 0.4) is 0 Å². The molecule has 9 heteroatoms. The molecule has 0 unspecified atom stereocenters. The van der Waals surface area contributed by atoms with E-state index in [1.54, 1.807) is 23.5 Å². The van der Waals surface area contributed by atoms with Gasteiger partial charge in [-0.15, -0.1) is 27.8 Å². The number of thiazole rings is 1. The molecule has 4 aromatic rings. The highest BCUT2D eigenvalue weighted by molar-refractivity contribution is 7.15. The summed E-state index contributed by atoms with van der Waals surface area (Å²) in [5.74, 6) is 0.434. The molecular formula is C18H16FN5OS2. The van der Waals surface area contributed by atoms with Crippen molar-refractivity contribution in [2.75, 3.05) is 6.54 Å². The van der Waals surface area contributed by atoms with Crippen LogP contribution in [-0.4, -0.2) is 27.2 Å². The van der Waals surface area contributed by atoms with Crippen LogP contribution in [0.2, 0.25) is 0 Å². The second-order valence-electron chi connectivity index (χ2n) is 5.82. The first-order valence-electron chi connectivity index (χ1n) is 8.32. The Kier molecular flexibility index (Phi) is 5.12. The van der Waals surface area contributed by atoms with Gasteiger partial charge in [0, 0.05) is 24.9 Å². The molecule has 3 heterocycles. The molecule has 0 saturated heterocycles. The molecule has 0 spiro atoms. The van der Waals surface area contributed by atoms with E-state index in [0.29, 0.717) is 19.5 Å². The predicted molar refractivity (Wildman–Crippen MR) is 105 cm³/mol. The van der Waals surface area contributed by atoms with E-state index in [-0.39, 0.29) is 11.8 Å². The first-order chi connectivity index (χ1) is 13.2. The molecule has 2 amide bonds. The van der Waals surface area contributed by atoms with Gasteiger partial charge < -0.3 is 10.6 Å². The fourth-order valence-electron chi connectivity index (χ4n) is 2.56. The summed E-state index contributed by atoms with van der Waals surface area (Å²) in [6, 6.07) is 9.75. The van der Waals surface area contributed by atoms with Crippen molar-refractivity contribution in [1.29, 1.82) is 0 Å². The van der Waals surface area contributed by atoms with Crippen LogP contribution < -0.4 is 10.6 Å². The highest BCUT2D eigenvalue weighted by Gasteiger charge is 2.12. The highest BCUT2D eigenvalue weighted by atomic mass is 32.1. The Balaban J connectivity index is 1.29. The second-order valence-corrected chi connectivity index (χ2v) is 7.60. The van der Waals surface area contributed by atoms with Crippen molar-refractivity contribution in [2.45, 2.75) is 13.0 Å². The fourth-order valence-corrected chi connectivity index (χ4v) is 4.07. The van der Waals surface area contributed by atoms with Gasteiger partial charge in [0.1, 0.15) is 5.82 Å². The highest BCUT2D eigenvalue weighted by Crippen LogP contribution is 2.24. The topological polar surface area (TPSA) is 71.3 Å². The summed E-state index contributed by atoms with van der Waals surface area (Å²) in [5, 5.41) is 14.1. The van der Waals surface area contributed by atoms with E-state index < -0.39 is 0 Å². The number of fused-ring (bicyclic) bond motifs is 1. The minimum Gasteiger partial charge on any atom is -0.338 e. The Bertz CT molecular complexity index is 1040. The largest absolute Gasteiger partial charge is 0.338 e. The Hall–Kier alpha value is -2.78. The number of nitrogens with zero attached hydrogens (tertiary/aromatic N) is 3. The summed E-state index contributed by atoms with van der Waals surface area (Å²) in [7, 11) is 0. The minimum atomic E-state index is -0.291. The van der Waals surface area contributed by atoms with E-state index in [4.69, 9.17) is 0 Å². The van der Waals surface area contributed by atoms with Crippen molar-refractivity contribution >= 4 is 33.7 Å². The molecule has 6 nitrogen and oxygen atoms in total. The number of urea groups is 1. The number of rotatable bonds is 6. The molecule has 0 aliphatic rings. The van der Waals surface area contributed by atoms with Crippen LogP contribution in [0.1, 0.15) is 11.3 Å². The van der Waals surface area contributed by atoms with Crippen molar-refractivity contribution in [3.05, 3.63) is 64.2 Å². The third kappa shape index (κ3) is 4.15. The monoisotopic (exact) mass is 401 g/mol. The molecular weight excluding hydrogens is 385 g/mol. The molecule has 0 aliphatic carbocycles. The number of benzene rings is 1. The van der Waals surface area contributed by atoms with Crippen molar-refractivity contribution < 1.29 is 9.18 Å². The number of thiophene rings is 1. The Labute approximate surface area is 162 Å². The van der Waals surface area contributed by atoms with E-state index in [9.17, 15) is 9.18 Å². The van der Waals surface area contributed by atoms with E-state index in [1.165, 1.54) is 23.5 Å². The molecule has 138 valence electrons. The third-order valence-corrected chi connectivity index (χ3v) is 5.66. The van der Waals surface area contributed by atoms with Gasteiger partial charge in [0.05, 0.1) is 10.6 Å². The standard InChI is InChI=1S/C18H16FN5OS2/c19-13-5-3-12(4-6-13)10-21-17(25)20-8-7-14-11-27-18-22-16(23-24(14)18)15-2-1-9-26-15/h1-6,9,11H,7-8,10H2,(H2,20,21,25). The fraction of sp³-hybridized carbons (Fsp3) is 0.167. The minimum absolute atomic E-state index is 0.260. The maximum Gasteiger partial charge on any atom is 0.315 e. The van der Waals surface area contributed by atoms with E-state index in [1.807, 2.05) is 27.4 Å². The molecule has 1 aromatic carbocycles.